The summed E-state index contributed by atoms with van der Waals surface area (Å²) in [5, 5.41) is 13.4. The molecule has 2 rings (SSSR count). The van der Waals surface area contributed by atoms with Crippen LogP contribution < -0.4 is 4.90 Å². The van der Waals surface area contributed by atoms with Crippen molar-refractivity contribution in [1.82, 2.24) is 9.59 Å². The molecule has 0 radical (unpaired) electrons. The van der Waals surface area contributed by atoms with Crippen molar-refractivity contribution in [3.05, 3.63) is 39.9 Å². The molecule has 0 fully saturated rings. The summed E-state index contributed by atoms with van der Waals surface area (Å²) in [7, 11) is 0. The van der Waals surface area contributed by atoms with Gasteiger partial charge in [-0.1, -0.05) is 23.0 Å². The highest BCUT2D eigenvalue weighted by Gasteiger charge is 2.24. The van der Waals surface area contributed by atoms with Crippen LogP contribution in [0, 0.1) is 0 Å². The van der Waals surface area contributed by atoms with Crippen molar-refractivity contribution < 1.29 is 14.7 Å². The molecule has 1 N–H and O–H groups in total. The second-order valence-electron chi connectivity index (χ2n) is 4.16. The number of carboxylic acid groups (broad SMARTS) is 1. The molecule has 0 saturated heterocycles. The average molecular weight is 326 g/mol. The zero-order valence-electron chi connectivity index (χ0n) is 11.1. The summed E-state index contributed by atoms with van der Waals surface area (Å²) in [6.07, 6.45) is 0.555. The minimum atomic E-state index is -1.10. The van der Waals surface area contributed by atoms with Crippen LogP contribution in [0.5, 0.6) is 0 Å². The first-order chi connectivity index (χ1) is 10.0. The molecule has 0 aliphatic heterocycles. The number of benzene rings is 1. The molecule has 21 heavy (non-hydrogen) atoms. The van der Waals surface area contributed by atoms with Gasteiger partial charge < -0.3 is 5.11 Å². The number of rotatable bonds is 5. The fraction of sp³-hybridized carbons (Fsp3) is 0.231. The van der Waals surface area contributed by atoms with Crippen LogP contribution in [0.25, 0.3) is 0 Å². The third kappa shape index (κ3) is 3.56. The van der Waals surface area contributed by atoms with Crippen LogP contribution >= 0.6 is 23.1 Å². The molecule has 0 aliphatic carbocycles. The molecule has 0 atom stereocenters. The van der Waals surface area contributed by atoms with Gasteiger partial charge in [0.1, 0.15) is 11.4 Å². The lowest BCUT2D eigenvalue weighted by molar-refractivity contribution is -0.135. The Morgan fingerprint density at radius 3 is 2.57 bits per heavy atom. The van der Waals surface area contributed by atoms with E-state index in [0.29, 0.717) is 27.7 Å². The lowest BCUT2D eigenvalue weighted by atomic mass is 10.2. The third-order valence-corrected chi connectivity index (χ3v) is 3.77. The summed E-state index contributed by atoms with van der Waals surface area (Å²) in [6, 6.07) is 6.40. The Morgan fingerprint density at radius 2 is 2.00 bits per heavy atom. The van der Waals surface area contributed by atoms with Gasteiger partial charge in [0.05, 0.1) is 5.69 Å². The fourth-order valence-corrected chi connectivity index (χ4v) is 2.59. The minimum Gasteiger partial charge on any atom is -0.480 e. The maximum atomic E-state index is 12.6. The Bertz CT molecular complexity index is 657. The van der Waals surface area contributed by atoms with Crippen LogP contribution in [-0.4, -0.2) is 33.1 Å². The first-order valence-electron chi connectivity index (χ1n) is 6.13. The van der Waals surface area contributed by atoms with E-state index in [4.69, 9.17) is 16.7 Å². The summed E-state index contributed by atoms with van der Waals surface area (Å²) in [6.45, 7) is 1.42. The van der Waals surface area contributed by atoms with E-state index in [2.05, 4.69) is 9.59 Å². The first-order valence-corrected chi connectivity index (χ1v) is 7.28. The van der Waals surface area contributed by atoms with Crippen LogP contribution in [0.3, 0.4) is 0 Å². The Kier molecular flexibility index (Phi) is 4.87. The summed E-state index contributed by atoms with van der Waals surface area (Å²) in [4.78, 5) is 25.1. The van der Waals surface area contributed by atoms with Crippen LogP contribution in [0.1, 0.15) is 22.3 Å². The van der Waals surface area contributed by atoms with Crippen molar-refractivity contribution in [2.75, 3.05) is 11.4 Å². The van der Waals surface area contributed by atoms with Gasteiger partial charge in [0.25, 0.3) is 5.91 Å². The van der Waals surface area contributed by atoms with Crippen molar-refractivity contribution in [3.63, 3.8) is 0 Å². The van der Waals surface area contributed by atoms with Gasteiger partial charge in [0, 0.05) is 10.7 Å². The molecule has 8 heteroatoms. The van der Waals surface area contributed by atoms with Gasteiger partial charge in [-0.05, 0) is 42.2 Å². The monoisotopic (exact) mass is 325 g/mol. The lowest BCUT2D eigenvalue weighted by Crippen LogP contribution is -2.35. The summed E-state index contributed by atoms with van der Waals surface area (Å²) in [5.74, 6) is -1.53. The van der Waals surface area contributed by atoms with Gasteiger partial charge in [-0.25, -0.2) is 0 Å². The SMILES string of the molecule is CCc1nnsc1C(=O)N(CC(=O)O)c1ccc(Cl)cc1. The van der Waals surface area contributed by atoms with Gasteiger partial charge in [-0.2, -0.15) is 0 Å². The average Bonchev–Trinajstić information content (AvgIpc) is 2.93. The van der Waals surface area contributed by atoms with Crippen molar-refractivity contribution in [3.8, 4) is 0 Å². The van der Waals surface area contributed by atoms with E-state index < -0.39 is 18.4 Å². The van der Waals surface area contributed by atoms with Crippen molar-refractivity contribution in [2.45, 2.75) is 13.3 Å². The van der Waals surface area contributed by atoms with Gasteiger partial charge in [-0.3, -0.25) is 14.5 Å². The highest BCUT2D eigenvalue weighted by atomic mass is 35.5. The van der Waals surface area contributed by atoms with E-state index in [1.54, 1.807) is 24.3 Å². The Labute approximate surface area is 130 Å². The second kappa shape index (κ2) is 6.64. The topological polar surface area (TPSA) is 83.4 Å². The number of anilines is 1. The highest BCUT2D eigenvalue weighted by molar-refractivity contribution is 7.08. The molecule has 1 amide bonds. The van der Waals surface area contributed by atoms with E-state index >= 15 is 0 Å². The number of aliphatic carboxylic acids is 1. The number of amides is 1. The predicted octanol–water partition coefficient (Wildman–Crippen LogP) is 2.49. The number of aryl methyl sites for hydroxylation is 1. The number of hydrogen-bond donors (Lipinski definition) is 1. The molecule has 0 unspecified atom stereocenters. The molecule has 0 bridgehead atoms. The number of halogens is 1. The largest absolute Gasteiger partial charge is 0.480 e. The zero-order chi connectivity index (χ0) is 15.4. The first kappa shape index (κ1) is 15.4. The van der Waals surface area contributed by atoms with Gasteiger partial charge in [0.15, 0.2) is 0 Å². The minimum absolute atomic E-state index is 0.355. The normalized spacial score (nSPS) is 10.4. The van der Waals surface area contributed by atoms with E-state index in [1.807, 2.05) is 6.92 Å². The maximum absolute atomic E-state index is 12.6. The summed E-state index contributed by atoms with van der Waals surface area (Å²) >= 11 is 6.78. The number of carboxylic acids is 1. The lowest BCUT2D eigenvalue weighted by Gasteiger charge is -2.20. The molecule has 0 aliphatic rings. The number of carbonyl (C=O) groups is 2. The summed E-state index contributed by atoms with van der Waals surface area (Å²) in [5.41, 5.74) is 1.02. The molecular weight excluding hydrogens is 314 g/mol. The van der Waals surface area contributed by atoms with Crippen LogP contribution in [0.15, 0.2) is 24.3 Å². The second-order valence-corrected chi connectivity index (χ2v) is 5.35. The van der Waals surface area contributed by atoms with Crippen LogP contribution in [0.4, 0.5) is 5.69 Å². The molecule has 1 aromatic carbocycles. The number of carbonyl (C=O) groups excluding carboxylic acids is 1. The Morgan fingerprint density at radius 1 is 1.33 bits per heavy atom. The third-order valence-electron chi connectivity index (χ3n) is 2.76. The van der Waals surface area contributed by atoms with E-state index in [-0.39, 0.29) is 0 Å². The molecular formula is C13H12ClN3O3S. The van der Waals surface area contributed by atoms with Crippen LogP contribution in [0.2, 0.25) is 5.02 Å². The Balaban J connectivity index is 2.38. The van der Waals surface area contributed by atoms with Crippen molar-refractivity contribution in [1.29, 1.82) is 0 Å². The maximum Gasteiger partial charge on any atom is 0.323 e. The predicted molar refractivity (Wildman–Crippen MR) is 80.1 cm³/mol. The van der Waals surface area contributed by atoms with E-state index in [1.165, 1.54) is 4.90 Å². The van der Waals surface area contributed by atoms with E-state index in [0.717, 1.165) is 11.5 Å². The number of nitrogens with zero attached hydrogens (tertiary/aromatic N) is 3. The van der Waals surface area contributed by atoms with Crippen LogP contribution in [-0.2, 0) is 11.2 Å². The summed E-state index contributed by atoms with van der Waals surface area (Å²) < 4.78 is 3.76. The quantitative estimate of drug-likeness (QED) is 0.913. The van der Waals surface area contributed by atoms with Crippen molar-refractivity contribution in [2.24, 2.45) is 0 Å². The van der Waals surface area contributed by atoms with Gasteiger partial charge in [0.2, 0.25) is 0 Å². The fourth-order valence-electron chi connectivity index (χ4n) is 1.76. The zero-order valence-corrected chi connectivity index (χ0v) is 12.7. The van der Waals surface area contributed by atoms with Gasteiger partial charge in [-0.15, -0.1) is 5.10 Å². The number of aromatic nitrogens is 2. The van der Waals surface area contributed by atoms with E-state index in [9.17, 15) is 9.59 Å². The highest BCUT2D eigenvalue weighted by Crippen LogP contribution is 2.22. The molecule has 6 nitrogen and oxygen atoms in total. The molecule has 0 saturated carbocycles. The van der Waals surface area contributed by atoms with Crippen molar-refractivity contribution >= 4 is 40.7 Å². The standard InChI is InChI=1S/C13H12ClN3O3S/c1-2-10-12(21-16-15-10)13(20)17(7-11(18)19)9-5-3-8(14)4-6-9/h3-6H,2,7H2,1H3,(H,18,19). The number of hydrogen-bond acceptors (Lipinski definition) is 5. The Hall–Kier alpha value is -1.99. The molecule has 2 aromatic rings. The smallest absolute Gasteiger partial charge is 0.323 e. The molecule has 110 valence electrons. The van der Waals surface area contributed by atoms with Gasteiger partial charge >= 0.3 is 5.97 Å². The molecule has 1 heterocycles. The molecule has 0 spiro atoms. The molecule has 1 aromatic heterocycles.